The molecule has 1 heterocycles. The first-order chi connectivity index (χ1) is 8.09. The Labute approximate surface area is 105 Å². The molecule has 4 nitrogen and oxygen atoms in total. The summed E-state index contributed by atoms with van der Waals surface area (Å²) in [4.78, 5) is 16.2. The standard InChI is InChI=1S/C12H18N2O2S/c1-9-2-4-12(16,5-3-9)7-14-11(15)10-6-13-8-17-10/h6,8-9,16H,2-5,7H2,1H3,(H,14,15). The van der Waals surface area contributed by atoms with Crippen LogP contribution in [0.5, 0.6) is 0 Å². The number of carbonyl (C=O) groups is 1. The normalized spacial score (nSPS) is 28.9. The number of aromatic nitrogens is 1. The van der Waals surface area contributed by atoms with E-state index in [2.05, 4.69) is 17.2 Å². The van der Waals surface area contributed by atoms with Crippen LogP contribution in [0.4, 0.5) is 0 Å². The molecule has 0 aromatic carbocycles. The van der Waals surface area contributed by atoms with Gasteiger partial charge < -0.3 is 10.4 Å². The van der Waals surface area contributed by atoms with E-state index in [1.54, 1.807) is 11.7 Å². The molecule has 0 saturated heterocycles. The number of hydrogen-bond donors (Lipinski definition) is 2. The molecule has 2 N–H and O–H groups in total. The summed E-state index contributed by atoms with van der Waals surface area (Å²) in [6.07, 6.45) is 5.17. The van der Waals surface area contributed by atoms with Crippen LogP contribution in [-0.2, 0) is 0 Å². The maximum atomic E-state index is 11.7. The third-order valence-corrected chi connectivity index (χ3v) is 4.21. The Morgan fingerprint density at radius 2 is 2.35 bits per heavy atom. The molecular formula is C12H18N2O2S. The summed E-state index contributed by atoms with van der Waals surface area (Å²) in [6.45, 7) is 2.55. The molecule has 1 aliphatic rings. The average molecular weight is 254 g/mol. The van der Waals surface area contributed by atoms with Crippen molar-refractivity contribution in [3.63, 3.8) is 0 Å². The fourth-order valence-electron chi connectivity index (χ4n) is 2.14. The summed E-state index contributed by atoms with van der Waals surface area (Å²) >= 11 is 1.31. The molecule has 0 radical (unpaired) electrons. The molecule has 1 fully saturated rings. The van der Waals surface area contributed by atoms with Crippen molar-refractivity contribution in [2.75, 3.05) is 6.54 Å². The molecule has 2 rings (SSSR count). The summed E-state index contributed by atoms with van der Waals surface area (Å²) in [6, 6.07) is 0. The minimum atomic E-state index is -0.715. The van der Waals surface area contributed by atoms with Gasteiger partial charge >= 0.3 is 0 Å². The number of thiazole rings is 1. The number of amides is 1. The van der Waals surface area contributed by atoms with Crippen molar-refractivity contribution in [1.82, 2.24) is 10.3 Å². The van der Waals surface area contributed by atoms with Gasteiger partial charge in [0.05, 0.1) is 17.3 Å². The second kappa shape index (κ2) is 5.14. The Kier molecular flexibility index (Phi) is 3.79. The maximum absolute atomic E-state index is 11.7. The number of nitrogens with one attached hydrogen (secondary N) is 1. The molecule has 0 unspecified atom stereocenters. The van der Waals surface area contributed by atoms with Crippen molar-refractivity contribution in [2.45, 2.75) is 38.2 Å². The van der Waals surface area contributed by atoms with Gasteiger partial charge in [0.15, 0.2) is 0 Å². The number of rotatable bonds is 3. The molecule has 1 saturated carbocycles. The van der Waals surface area contributed by atoms with E-state index >= 15 is 0 Å². The van der Waals surface area contributed by atoms with Gasteiger partial charge in [-0.2, -0.15) is 0 Å². The van der Waals surface area contributed by atoms with Crippen molar-refractivity contribution < 1.29 is 9.90 Å². The van der Waals surface area contributed by atoms with Crippen LogP contribution < -0.4 is 5.32 Å². The SMILES string of the molecule is CC1CCC(O)(CNC(=O)c2cncs2)CC1. The Hall–Kier alpha value is -0.940. The second-order valence-electron chi connectivity index (χ2n) is 4.96. The monoisotopic (exact) mass is 254 g/mol. The average Bonchev–Trinajstić information content (AvgIpc) is 2.84. The molecule has 5 heteroatoms. The topological polar surface area (TPSA) is 62.2 Å². The Morgan fingerprint density at radius 1 is 1.65 bits per heavy atom. The summed E-state index contributed by atoms with van der Waals surface area (Å²) in [5.41, 5.74) is 0.915. The first kappa shape index (κ1) is 12.5. The lowest BCUT2D eigenvalue weighted by molar-refractivity contribution is -0.00536. The Balaban J connectivity index is 1.83. The minimum Gasteiger partial charge on any atom is -0.388 e. The lowest BCUT2D eigenvalue weighted by Gasteiger charge is -2.34. The predicted octanol–water partition coefficient (Wildman–Crippen LogP) is 1.81. The number of hydrogen-bond acceptors (Lipinski definition) is 4. The molecule has 1 aromatic heterocycles. The van der Waals surface area contributed by atoms with Crippen molar-refractivity contribution in [1.29, 1.82) is 0 Å². The molecule has 1 amide bonds. The van der Waals surface area contributed by atoms with Crippen LogP contribution >= 0.6 is 11.3 Å². The largest absolute Gasteiger partial charge is 0.388 e. The maximum Gasteiger partial charge on any atom is 0.263 e. The van der Waals surface area contributed by atoms with Crippen LogP contribution in [0.2, 0.25) is 0 Å². The zero-order valence-electron chi connectivity index (χ0n) is 9.98. The molecule has 0 spiro atoms. The van der Waals surface area contributed by atoms with Crippen molar-refractivity contribution in [2.24, 2.45) is 5.92 Å². The van der Waals surface area contributed by atoms with Gasteiger partial charge in [0.1, 0.15) is 4.88 Å². The molecular weight excluding hydrogens is 236 g/mol. The summed E-state index contributed by atoms with van der Waals surface area (Å²) < 4.78 is 0. The van der Waals surface area contributed by atoms with Gasteiger partial charge in [0.2, 0.25) is 0 Å². The highest BCUT2D eigenvalue weighted by Crippen LogP contribution is 2.31. The van der Waals surface area contributed by atoms with Crippen LogP contribution in [0.3, 0.4) is 0 Å². The highest BCUT2D eigenvalue weighted by molar-refractivity contribution is 7.11. The van der Waals surface area contributed by atoms with E-state index in [0.717, 1.165) is 25.7 Å². The van der Waals surface area contributed by atoms with E-state index in [9.17, 15) is 9.90 Å². The number of nitrogens with zero attached hydrogens (tertiary/aromatic N) is 1. The second-order valence-corrected chi connectivity index (χ2v) is 5.84. The van der Waals surface area contributed by atoms with Crippen LogP contribution in [0.1, 0.15) is 42.3 Å². The molecule has 1 aliphatic carbocycles. The molecule has 94 valence electrons. The van der Waals surface area contributed by atoms with Crippen LogP contribution in [0, 0.1) is 5.92 Å². The van der Waals surface area contributed by atoms with Gasteiger partial charge in [-0.1, -0.05) is 6.92 Å². The van der Waals surface area contributed by atoms with Gasteiger partial charge in [-0.15, -0.1) is 11.3 Å². The first-order valence-electron chi connectivity index (χ1n) is 5.98. The molecule has 0 bridgehead atoms. The van der Waals surface area contributed by atoms with Crippen molar-refractivity contribution >= 4 is 17.2 Å². The van der Waals surface area contributed by atoms with Gasteiger partial charge in [0, 0.05) is 6.54 Å². The van der Waals surface area contributed by atoms with Crippen molar-refractivity contribution in [3.8, 4) is 0 Å². The van der Waals surface area contributed by atoms with Crippen molar-refractivity contribution in [3.05, 3.63) is 16.6 Å². The van der Waals surface area contributed by atoms with E-state index in [4.69, 9.17) is 0 Å². The van der Waals surface area contributed by atoms with E-state index in [1.807, 2.05) is 0 Å². The molecule has 0 atom stereocenters. The van der Waals surface area contributed by atoms with Gasteiger partial charge in [-0.25, -0.2) is 0 Å². The van der Waals surface area contributed by atoms with Crippen LogP contribution in [0.25, 0.3) is 0 Å². The lowest BCUT2D eigenvalue weighted by atomic mass is 9.79. The van der Waals surface area contributed by atoms with Gasteiger partial charge in [-0.05, 0) is 31.6 Å². The highest BCUT2D eigenvalue weighted by atomic mass is 32.1. The van der Waals surface area contributed by atoms with Gasteiger partial charge in [0.25, 0.3) is 5.91 Å². The Morgan fingerprint density at radius 3 is 2.94 bits per heavy atom. The Bertz CT molecular complexity index is 370. The van der Waals surface area contributed by atoms with Gasteiger partial charge in [-0.3, -0.25) is 9.78 Å². The first-order valence-corrected chi connectivity index (χ1v) is 6.86. The summed E-state index contributed by atoms with van der Waals surface area (Å²) in [7, 11) is 0. The van der Waals surface area contributed by atoms with E-state index < -0.39 is 5.60 Å². The molecule has 1 aromatic rings. The van der Waals surface area contributed by atoms with Crippen LogP contribution in [0.15, 0.2) is 11.7 Å². The number of carbonyl (C=O) groups excluding carboxylic acids is 1. The molecule has 0 aliphatic heterocycles. The van der Waals surface area contributed by atoms with Crippen LogP contribution in [-0.4, -0.2) is 28.1 Å². The predicted molar refractivity (Wildman–Crippen MR) is 67.0 cm³/mol. The minimum absolute atomic E-state index is 0.139. The quantitative estimate of drug-likeness (QED) is 0.865. The molecule has 17 heavy (non-hydrogen) atoms. The summed E-state index contributed by atoms with van der Waals surface area (Å²) in [5.74, 6) is 0.548. The third-order valence-electron chi connectivity index (χ3n) is 3.44. The fraction of sp³-hybridized carbons (Fsp3) is 0.667. The smallest absolute Gasteiger partial charge is 0.263 e. The third kappa shape index (κ3) is 3.26. The van der Waals surface area contributed by atoms with E-state index in [1.165, 1.54) is 11.3 Å². The highest BCUT2D eigenvalue weighted by Gasteiger charge is 2.32. The van der Waals surface area contributed by atoms with E-state index in [0.29, 0.717) is 17.3 Å². The summed E-state index contributed by atoms with van der Waals surface area (Å²) in [5, 5.41) is 13.1. The number of aliphatic hydroxyl groups is 1. The fourth-order valence-corrected chi connectivity index (χ4v) is 2.67. The van der Waals surface area contributed by atoms with E-state index in [-0.39, 0.29) is 5.91 Å². The zero-order valence-corrected chi connectivity index (χ0v) is 10.8. The zero-order chi connectivity index (χ0) is 12.3. The lowest BCUT2D eigenvalue weighted by Crippen LogP contribution is -2.45.